The highest BCUT2D eigenvalue weighted by atomic mass is 15.2. The molecule has 0 spiro atoms. The molecule has 0 atom stereocenters. The molecule has 4 heteroatoms. The zero-order chi connectivity index (χ0) is 13.7. The second kappa shape index (κ2) is 6.94. The highest BCUT2D eigenvalue weighted by Gasteiger charge is 2.22. The van der Waals surface area contributed by atoms with Crippen molar-refractivity contribution in [2.24, 2.45) is 0 Å². The standard InChI is InChI=1S/C15H28N4/c1-4-8-16-15-17-13(3)12-19(15)14-6-10-18(9-5-2)11-7-14/h12,14H,4-11H2,1-3H3,(H,16,17). The van der Waals surface area contributed by atoms with Gasteiger partial charge in [-0.1, -0.05) is 13.8 Å². The number of rotatable bonds is 6. The maximum absolute atomic E-state index is 4.62. The summed E-state index contributed by atoms with van der Waals surface area (Å²) in [5, 5.41) is 3.46. The molecule has 2 heterocycles. The molecular weight excluding hydrogens is 236 g/mol. The first-order chi connectivity index (χ1) is 9.24. The second-order valence-corrected chi connectivity index (χ2v) is 5.61. The van der Waals surface area contributed by atoms with Gasteiger partial charge in [-0.3, -0.25) is 0 Å². The molecule has 4 nitrogen and oxygen atoms in total. The molecule has 1 aromatic rings. The van der Waals surface area contributed by atoms with E-state index >= 15 is 0 Å². The monoisotopic (exact) mass is 264 g/mol. The van der Waals surface area contributed by atoms with Gasteiger partial charge in [0.05, 0.1) is 5.69 Å². The first-order valence-corrected chi connectivity index (χ1v) is 7.76. The summed E-state index contributed by atoms with van der Waals surface area (Å²) in [6.07, 6.45) is 7.10. The van der Waals surface area contributed by atoms with Gasteiger partial charge in [-0.05, 0) is 39.2 Å². The van der Waals surface area contributed by atoms with Crippen molar-refractivity contribution in [2.75, 3.05) is 31.5 Å². The number of hydrogen-bond donors (Lipinski definition) is 1. The Balaban J connectivity index is 1.98. The number of anilines is 1. The molecular formula is C15H28N4. The summed E-state index contributed by atoms with van der Waals surface area (Å²) in [4.78, 5) is 7.20. The number of likely N-dealkylation sites (tertiary alicyclic amines) is 1. The van der Waals surface area contributed by atoms with Crippen LogP contribution >= 0.6 is 0 Å². The van der Waals surface area contributed by atoms with E-state index < -0.39 is 0 Å². The summed E-state index contributed by atoms with van der Waals surface area (Å²) in [6, 6.07) is 0.619. The Kier molecular flexibility index (Phi) is 5.25. The van der Waals surface area contributed by atoms with Crippen molar-refractivity contribution in [1.82, 2.24) is 14.5 Å². The van der Waals surface area contributed by atoms with E-state index in [0.717, 1.165) is 24.6 Å². The average molecular weight is 264 g/mol. The molecule has 1 fully saturated rings. The molecule has 2 rings (SSSR count). The van der Waals surface area contributed by atoms with Gasteiger partial charge in [0.1, 0.15) is 0 Å². The molecule has 0 radical (unpaired) electrons. The predicted octanol–water partition coefficient (Wildman–Crippen LogP) is 3.06. The van der Waals surface area contributed by atoms with Crippen molar-refractivity contribution in [3.8, 4) is 0 Å². The molecule has 1 N–H and O–H groups in total. The maximum atomic E-state index is 4.62. The molecule has 0 amide bonds. The Labute approximate surface area is 117 Å². The van der Waals surface area contributed by atoms with Gasteiger partial charge < -0.3 is 14.8 Å². The largest absolute Gasteiger partial charge is 0.356 e. The molecule has 0 bridgehead atoms. The zero-order valence-electron chi connectivity index (χ0n) is 12.7. The minimum Gasteiger partial charge on any atom is -0.356 e. The number of aromatic nitrogens is 2. The number of hydrogen-bond acceptors (Lipinski definition) is 3. The Morgan fingerprint density at radius 1 is 1.26 bits per heavy atom. The first-order valence-electron chi connectivity index (χ1n) is 7.76. The molecule has 1 aliphatic heterocycles. The lowest BCUT2D eigenvalue weighted by atomic mass is 10.0. The van der Waals surface area contributed by atoms with E-state index in [1.165, 1.54) is 38.9 Å². The van der Waals surface area contributed by atoms with Gasteiger partial charge in [-0.15, -0.1) is 0 Å². The molecule has 1 aromatic heterocycles. The summed E-state index contributed by atoms with van der Waals surface area (Å²) >= 11 is 0. The van der Waals surface area contributed by atoms with E-state index in [2.05, 4.69) is 46.7 Å². The zero-order valence-corrected chi connectivity index (χ0v) is 12.7. The van der Waals surface area contributed by atoms with Gasteiger partial charge in [0, 0.05) is 31.9 Å². The van der Waals surface area contributed by atoms with Crippen molar-refractivity contribution < 1.29 is 0 Å². The van der Waals surface area contributed by atoms with Crippen LogP contribution in [0.1, 0.15) is 51.3 Å². The van der Waals surface area contributed by atoms with Crippen LogP contribution in [0.5, 0.6) is 0 Å². The minimum atomic E-state index is 0.619. The molecule has 1 aliphatic rings. The van der Waals surface area contributed by atoms with Gasteiger partial charge >= 0.3 is 0 Å². The molecule has 0 aromatic carbocycles. The fourth-order valence-corrected chi connectivity index (χ4v) is 2.90. The van der Waals surface area contributed by atoms with Gasteiger partial charge in [0.2, 0.25) is 5.95 Å². The first kappa shape index (κ1) is 14.4. The van der Waals surface area contributed by atoms with Crippen LogP contribution < -0.4 is 5.32 Å². The van der Waals surface area contributed by atoms with Gasteiger partial charge in [0.15, 0.2) is 0 Å². The highest BCUT2D eigenvalue weighted by molar-refractivity contribution is 5.29. The smallest absolute Gasteiger partial charge is 0.203 e. The van der Waals surface area contributed by atoms with Crippen molar-refractivity contribution in [3.05, 3.63) is 11.9 Å². The highest BCUT2D eigenvalue weighted by Crippen LogP contribution is 2.26. The van der Waals surface area contributed by atoms with Gasteiger partial charge in [-0.2, -0.15) is 0 Å². The van der Waals surface area contributed by atoms with E-state index in [-0.39, 0.29) is 0 Å². The lowest BCUT2D eigenvalue weighted by molar-refractivity contribution is 0.187. The van der Waals surface area contributed by atoms with E-state index in [9.17, 15) is 0 Å². The number of nitrogens with one attached hydrogen (secondary N) is 1. The van der Waals surface area contributed by atoms with E-state index in [0.29, 0.717) is 6.04 Å². The van der Waals surface area contributed by atoms with Crippen molar-refractivity contribution in [3.63, 3.8) is 0 Å². The molecule has 0 unspecified atom stereocenters. The van der Waals surface area contributed by atoms with Crippen LogP contribution in [0.4, 0.5) is 5.95 Å². The lowest BCUT2D eigenvalue weighted by Gasteiger charge is -2.33. The van der Waals surface area contributed by atoms with Crippen LogP contribution in [0.3, 0.4) is 0 Å². The normalized spacial score (nSPS) is 17.8. The van der Waals surface area contributed by atoms with Crippen LogP contribution in [-0.4, -0.2) is 40.6 Å². The number of imidazole rings is 1. The van der Waals surface area contributed by atoms with Crippen LogP contribution in [0.2, 0.25) is 0 Å². The van der Waals surface area contributed by atoms with E-state index in [1.807, 2.05) is 0 Å². The van der Waals surface area contributed by atoms with E-state index in [1.54, 1.807) is 0 Å². The fourth-order valence-electron chi connectivity index (χ4n) is 2.90. The number of aryl methyl sites for hydroxylation is 1. The SMILES string of the molecule is CCCNc1nc(C)cn1C1CCN(CCC)CC1. The summed E-state index contributed by atoms with van der Waals surface area (Å²) in [6.45, 7) is 11.2. The summed E-state index contributed by atoms with van der Waals surface area (Å²) in [5.74, 6) is 1.06. The number of piperidine rings is 1. The summed E-state index contributed by atoms with van der Waals surface area (Å²) in [5.41, 5.74) is 1.12. The maximum Gasteiger partial charge on any atom is 0.203 e. The molecule has 0 aliphatic carbocycles. The van der Waals surface area contributed by atoms with Gasteiger partial charge in [-0.25, -0.2) is 4.98 Å². The third-order valence-corrected chi connectivity index (χ3v) is 3.88. The van der Waals surface area contributed by atoms with Gasteiger partial charge in [0.25, 0.3) is 0 Å². The lowest BCUT2D eigenvalue weighted by Crippen LogP contribution is -2.35. The van der Waals surface area contributed by atoms with Crippen LogP contribution in [0.25, 0.3) is 0 Å². The van der Waals surface area contributed by atoms with Crippen LogP contribution in [-0.2, 0) is 0 Å². The van der Waals surface area contributed by atoms with Crippen LogP contribution in [0, 0.1) is 6.92 Å². The van der Waals surface area contributed by atoms with Crippen molar-refractivity contribution in [2.45, 2.75) is 52.5 Å². The Hall–Kier alpha value is -1.03. The molecule has 108 valence electrons. The van der Waals surface area contributed by atoms with Crippen molar-refractivity contribution >= 4 is 5.95 Å². The summed E-state index contributed by atoms with van der Waals surface area (Å²) < 4.78 is 2.37. The minimum absolute atomic E-state index is 0.619. The van der Waals surface area contributed by atoms with Crippen LogP contribution in [0.15, 0.2) is 6.20 Å². The fraction of sp³-hybridized carbons (Fsp3) is 0.800. The quantitative estimate of drug-likeness (QED) is 0.857. The third kappa shape index (κ3) is 3.72. The Morgan fingerprint density at radius 2 is 2.00 bits per heavy atom. The Morgan fingerprint density at radius 3 is 2.63 bits per heavy atom. The van der Waals surface area contributed by atoms with Crippen molar-refractivity contribution in [1.29, 1.82) is 0 Å². The molecule has 0 saturated carbocycles. The average Bonchev–Trinajstić information content (AvgIpc) is 2.79. The second-order valence-electron chi connectivity index (χ2n) is 5.61. The Bertz CT molecular complexity index is 377. The third-order valence-electron chi connectivity index (χ3n) is 3.88. The van der Waals surface area contributed by atoms with E-state index in [4.69, 9.17) is 0 Å². The molecule has 1 saturated heterocycles. The number of nitrogens with zero attached hydrogens (tertiary/aromatic N) is 3. The predicted molar refractivity (Wildman–Crippen MR) is 80.7 cm³/mol. The molecule has 19 heavy (non-hydrogen) atoms. The topological polar surface area (TPSA) is 33.1 Å². The summed E-state index contributed by atoms with van der Waals surface area (Å²) in [7, 11) is 0.